The summed E-state index contributed by atoms with van der Waals surface area (Å²) in [7, 11) is 0. The molecule has 0 saturated heterocycles. The van der Waals surface area contributed by atoms with Gasteiger partial charge in [-0.15, -0.1) is 0 Å². The summed E-state index contributed by atoms with van der Waals surface area (Å²) >= 11 is 0. The molecule has 6 heteroatoms. The monoisotopic (exact) mass is 383 g/mol. The van der Waals surface area contributed by atoms with Crippen molar-refractivity contribution in [3.05, 3.63) is 42.0 Å². The van der Waals surface area contributed by atoms with Gasteiger partial charge in [0.25, 0.3) is 0 Å². The van der Waals surface area contributed by atoms with Gasteiger partial charge in [0.1, 0.15) is 0 Å². The number of anilines is 1. The highest BCUT2D eigenvalue weighted by Gasteiger charge is 2.62. The number of carboxylic acid groups (broad SMARTS) is 1. The van der Waals surface area contributed by atoms with Gasteiger partial charge in [-0.3, -0.25) is 9.59 Å². The van der Waals surface area contributed by atoms with E-state index in [2.05, 4.69) is 5.32 Å². The summed E-state index contributed by atoms with van der Waals surface area (Å²) in [5.41, 5.74) is 0.967. The first-order valence-electron chi connectivity index (χ1n) is 9.86. The number of carboxylic acids is 1. The zero-order valence-electron chi connectivity index (χ0n) is 16.0. The second-order valence-electron chi connectivity index (χ2n) is 8.55. The van der Waals surface area contributed by atoms with Crippen molar-refractivity contribution in [3.8, 4) is 0 Å². The van der Waals surface area contributed by atoms with E-state index in [4.69, 9.17) is 4.74 Å². The van der Waals surface area contributed by atoms with Crippen LogP contribution in [0.4, 0.5) is 5.69 Å². The maximum Gasteiger partial charge on any atom is 0.338 e. The van der Waals surface area contributed by atoms with E-state index in [0.717, 1.165) is 6.42 Å². The molecule has 2 fully saturated rings. The maximum absolute atomic E-state index is 12.9. The Bertz CT molecular complexity index is 828. The number of nitrogens with one attached hydrogen (secondary N) is 1. The van der Waals surface area contributed by atoms with Gasteiger partial charge in [0.05, 0.1) is 24.0 Å². The molecule has 0 spiro atoms. The number of ether oxygens (including phenoxy) is 1. The average molecular weight is 383 g/mol. The molecule has 4 aliphatic rings. The van der Waals surface area contributed by atoms with Crippen LogP contribution in [0.1, 0.15) is 30.6 Å². The molecule has 5 rings (SSSR count). The Balaban J connectivity index is 1.44. The zero-order chi connectivity index (χ0) is 20.0. The van der Waals surface area contributed by atoms with Gasteiger partial charge in [-0.25, -0.2) is 4.79 Å². The van der Waals surface area contributed by atoms with Crippen molar-refractivity contribution in [2.75, 3.05) is 11.9 Å². The number of rotatable bonds is 6. The van der Waals surface area contributed by atoms with Gasteiger partial charge >= 0.3 is 11.9 Å². The lowest BCUT2D eigenvalue weighted by Gasteiger charge is -2.41. The summed E-state index contributed by atoms with van der Waals surface area (Å²) in [6.45, 7) is 4.29. The quantitative estimate of drug-likeness (QED) is 0.581. The third-order valence-electron chi connectivity index (χ3n) is 6.18. The molecule has 0 radical (unpaired) electrons. The van der Waals surface area contributed by atoms with Crippen LogP contribution in [0.5, 0.6) is 0 Å². The summed E-state index contributed by atoms with van der Waals surface area (Å²) in [6, 6.07) is 6.51. The molecular weight excluding hydrogens is 358 g/mol. The van der Waals surface area contributed by atoms with Crippen molar-refractivity contribution in [3.63, 3.8) is 0 Å². The Labute approximate surface area is 164 Å². The predicted octanol–water partition coefficient (Wildman–Crippen LogP) is 3.21. The van der Waals surface area contributed by atoms with Gasteiger partial charge in [-0.1, -0.05) is 26.0 Å². The highest BCUT2D eigenvalue weighted by Crippen LogP contribution is 2.63. The van der Waals surface area contributed by atoms with Crippen LogP contribution in [0, 0.1) is 41.4 Å². The number of carbonyl (C=O) groups is 3. The number of allylic oxidation sites excluding steroid dienone is 2. The second-order valence-corrected chi connectivity index (χ2v) is 8.55. The molecule has 2 saturated carbocycles. The third kappa shape index (κ3) is 3.32. The minimum Gasteiger partial charge on any atom is -0.481 e. The van der Waals surface area contributed by atoms with Crippen LogP contribution in [-0.4, -0.2) is 29.6 Å². The molecule has 0 aromatic heterocycles. The van der Waals surface area contributed by atoms with Crippen LogP contribution in [0.2, 0.25) is 0 Å². The fraction of sp³-hybridized carbons (Fsp3) is 0.500. The van der Waals surface area contributed by atoms with Crippen LogP contribution >= 0.6 is 0 Å². The van der Waals surface area contributed by atoms with Crippen molar-refractivity contribution in [2.24, 2.45) is 41.4 Å². The number of amides is 1. The minimum absolute atomic E-state index is 0.00128. The number of esters is 1. The first-order chi connectivity index (χ1) is 13.4. The van der Waals surface area contributed by atoms with Crippen molar-refractivity contribution in [1.82, 2.24) is 0 Å². The van der Waals surface area contributed by atoms with Gasteiger partial charge in [0, 0.05) is 5.69 Å². The van der Waals surface area contributed by atoms with Crippen LogP contribution in [0.3, 0.4) is 0 Å². The van der Waals surface area contributed by atoms with Crippen molar-refractivity contribution >= 4 is 23.5 Å². The van der Waals surface area contributed by atoms with E-state index in [0.29, 0.717) is 29.7 Å². The highest BCUT2D eigenvalue weighted by atomic mass is 16.5. The SMILES string of the molecule is CC(C)COC(=O)c1ccc(NC(=O)[C@H]2[C@@H]3C=C[C@H]([C@H]4C[C@H]34)[C@@H]2C(=O)O)cc1. The van der Waals surface area contributed by atoms with Gasteiger partial charge in [0.15, 0.2) is 0 Å². The maximum atomic E-state index is 12.9. The van der Waals surface area contributed by atoms with Crippen LogP contribution in [0.15, 0.2) is 36.4 Å². The van der Waals surface area contributed by atoms with E-state index in [9.17, 15) is 19.5 Å². The Morgan fingerprint density at radius 1 is 1.07 bits per heavy atom. The molecule has 1 aromatic rings. The van der Waals surface area contributed by atoms with Crippen LogP contribution in [0.25, 0.3) is 0 Å². The Morgan fingerprint density at radius 3 is 2.25 bits per heavy atom. The minimum atomic E-state index is -0.895. The molecular formula is C22H25NO5. The van der Waals surface area contributed by atoms with Crippen molar-refractivity contribution < 1.29 is 24.2 Å². The van der Waals surface area contributed by atoms with E-state index >= 15 is 0 Å². The summed E-state index contributed by atoms with van der Waals surface area (Å²) in [6.07, 6.45) is 5.05. The van der Waals surface area contributed by atoms with Gasteiger partial charge in [0.2, 0.25) is 5.91 Å². The van der Waals surface area contributed by atoms with E-state index in [1.807, 2.05) is 26.0 Å². The molecule has 6 nitrogen and oxygen atoms in total. The number of aliphatic carboxylic acids is 1. The first-order valence-corrected chi connectivity index (χ1v) is 9.86. The number of fused-ring (bicyclic) bond motifs is 1. The second kappa shape index (κ2) is 7.08. The topological polar surface area (TPSA) is 92.7 Å². The number of carbonyl (C=O) groups excluding carboxylic acids is 2. The van der Waals surface area contributed by atoms with Gasteiger partial charge in [-0.2, -0.15) is 0 Å². The summed E-state index contributed by atoms with van der Waals surface area (Å²) in [5.74, 6) is -1.67. The fourth-order valence-corrected chi connectivity index (χ4v) is 4.81. The zero-order valence-corrected chi connectivity index (χ0v) is 16.0. The standard InChI is InChI=1S/C22H25NO5/c1-11(2)10-28-22(27)12-3-5-13(6-4-12)23-20(24)18-14-7-8-15(17-9-16(14)17)19(18)21(25)26/h3-8,11,14-19H,9-10H2,1-2H3,(H,23,24)(H,25,26)/t14-,15-,16-,17-,18+,19+/m1/s1. The summed E-state index contributed by atoms with van der Waals surface area (Å²) < 4.78 is 5.20. The van der Waals surface area contributed by atoms with Crippen molar-refractivity contribution in [1.29, 1.82) is 0 Å². The lowest BCUT2D eigenvalue weighted by atomic mass is 9.62. The first kappa shape index (κ1) is 18.7. The Morgan fingerprint density at radius 2 is 1.68 bits per heavy atom. The van der Waals surface area contributed by atoms with E-state index < -0.39 is 23.8 Å². The number of hydrogen-bond donors (Lipinski definition) is 2. The average Bonchev–Trinajstić information content (AvgIpc) is 3.48. The normalized spacial score (nSPS) is 32.0. The molecule has 0 heterocycles. The molecule has 4 aliphatic carbocycles. The molecule has 2 bridgehead atoms. The highest BCUT2D eigenvalue weighted by molar-refractivity contribution is 5.97. The van der Waals surface area contributed by atoms with Gasteiger partial charge in [-0.05, 0) is 60.3 Å². The molecule has 148 valence electrons. The molecule has 2 N–H and O–H groups in total. The molecule has 0 unspecified atom stereocenters. The number of benzene rings is 1. The molecule has 1 amide bonds. The van der Waals surface area contributed by atoms with Crippen LogP contribution < -0.4 is 5.32 Å². The van der Waals surface area contributed by atoms with Crippen molar-refractivity contribution in [2.45, 2.75) is 20.3 Å². The van der Waals surface area contributed by atoms with E-state index in [1.165, 1.54) is 0 Å². The van der Waals surface area contributed by atoms with E-state index in [1.54, 1.807) is 24.3 Å². The predicted molar refractivity (Wildman–Crippen MR) is 103 cm³/mol. The molecule has 28 heavy (non-hydrogen) atoms. The number of hydrogen-bond acceptors (Lipinski definition) is 4. The van der Waals surface area contributed by atoms with Crippen LogP contribution in [-0.2, 0) is 14.3 Å². The Kier molecular flexibility index (Phi) is 4.73. The molecule has 0 aliphatic heterocycles. The molecule has 6 atom stereocenters. The van der Waals surface area contributed by atoms with E-state index in [-0.39, 0.29) is 23.7 Å². The third-order valence-corrected chi connectivity index (χ3v) is 6.18. The van der Waals surface area contributed by atoms with Gasteiger partial charge < -0.3 is 15.2 Å². The summed E-state index contributed by atoms with van der Waals surface area (Å²) in [5, 5.41) is 12.6. The smallest absolute Gasteiger partial charge is 0.338 e. The Hall–Kier alpha value is -2.63. The lowest BCUT2D eigenvalue weighted by Crippen LogP contribution is -2.48. The summed E-state index contributed by atoms with van der Waals surface area (Å²) in [4.78, 5) is 36.8. The lowest BCUT2D eigenvalue weighted by molar-refractivity contribution is -0.152. The fourth-order valence-electron chi connectivity index (χ4n) is 4.81. The largest absolute Gasteiger partial charge is 0.481 e. The molecule has 1 aromatic carbocycles.